The number of hydrogen-bond acceptors (Lipinski definition) is 3. The van der Waals surface area contributed by atoms with Gasteiger partial charge in [-0.2, -0.15) is 5.26 Å². The summed E-state index contributed by atoms with van der Waals surface area (Å²) in [5, 5.41) is 12.9. The lowest BCUT2D eigenvalue weighted by molar-refractivity contribution is 0.403. The minimum absolute atomic E-state index is 0.526. The Balaban J connectivity index is 2.02. The van der Waals surface area contributed by atoms with E-state index >= 15 is 0 Å². The highest BCUT2D eigenvalue weighted by atomic mass is 35.5. The van der Waals surface area contributed by atoms with Gasteiger partial charge in [-0.1, -0.05) is 18.0 Å². The fourth-order valence-electron chi connectivity index (χ4n) is 2.35. The van der Waals surface area contributed by atoms with Gasteiger partial charge in [0.05, 0.1) is 10.6 Å². The molecule has 0 amide bonds. The molecule has 1 aromatic rings. The van der Waals surface area contributed by atoms with Crippen LogP contribution in [-0.2, 0) is 0 Å². The van der Waals surface area contributed by atoms with Crippen molar-refractivity contribution >= 4 is 17.3 Å². The molecule has 3 nitrogen and oxygen atoms in total. The van der Waals surface area contributed by atoms with Gasteiger partial charge in [-0.3, -0.25) is 0 Å². The highest BCUT2D eigenvalue weighted by molar-refractivity contribution is 6.32. The van der Waals surface area contributed by atoms with Gasteiger partial charge in [0, 0.05) is 25.3 Å². The highest BCUT2D eigenvalue weighted by Crippen LogP contribution is 2.23. The number of halogens is 1. The van der Waals surface area contributed by atoms with Crippen LogP contribution in [0.15, 0.2) is 18.2 Å². The van der Waals surface area contributed by atoms with Crippen LogP contribution < -0.4 is 10.2 Å². The van der Waals surface area contributed by atoms with Crippen LogP contribution in [0.5, 0.6) is 0 Å². The number of likely N-dealkylation sites (N-methyl/N-ethyl adjacent to an activating group) is 1. The van der Waals surface area contributed by atoms with Gasteiger partial charge in [-0.15, -0.1) is 0 Å². The molecule has 1 saturated heterocycles. The number of piperidine rings is 1. The molecule has 0 aliphatic carbocycles. The van der Waals surface area contributed by atoms with E-state index in [9.17, 15) is 0 Å². The van der Waals surface area contributed by atoms with Gasteiger partial charge in [0.1, 0.15) is 6.07 Å². The second kappa shape index (κ2) is 6.08. The molecule has 1 aliphatic rings. The summed E-state index contributed by atoms with van der Waals surface area (Å²) in [6, 6.07) is 8.23. The molecular weight excluding hydrogens is 246 g/mol. The molecule has 0 saturated carbocycles. The lowest BCUT2D eigenvalue weighted by Gasteiger charge is -2.29. The Bertz CT molecular complexity index is 447. The van der Waals surface area contributed by atoms with Crippen LogP contribution in [0.2, 0.25) is 5.02 Å². The number of benzene rings is 1. The molecule has 0 bridgehead atoms. The summed E-state index contributed by atoms with van der Waals surface area (Å²) in [6.07, 6.45) is 3.82. The fraction of sp³-hybridized carbons (Fsp3) is 0.500. The zero-order valence-electron chi connectivity index (χ0n) is 10.6. The second-order valence-electron chi connectivity index (χ2n) is 4.80. The first-order chi connectivity index (χ1) is 8.70. The van der Waals surface area contributed by atoms with Crippen LogP contribution in [0, 0.1) is 11.3 Å². The van der Waals surface area contributed by atoms with Gasteiger partial charge in [0.2, 0.25) is 0 Å². The molecule has 1 unspecified atom stereocenters. The molecule has 1 fully saturated rings. The molecule has 1 heterocycles. The summed E-state index contributed by atoms with van der Waals surface area (Å²) in [6.45, 7) is 2.09. The largest absolute Gasteiger partial charge is 0.373 e. The van der Waals surface area contributed by atoms with Crippen molar-refractivity contribution in [3.05, 3.63) is 28.8 Å². The maximum absolute atomic E-state index is 8.85. The van der Waals surface area contributed by atoms with Crippen LogP contribution in [0.25, 0.3) is 0 Å². The second-order valence-corrected chi connectivity index (χ2v) is 5.21. The van der Waals surface area contributed by atoms with Gasteiger partial charge in [0.15, 0.2) is 0 Å². The SMILES string of the molecule is CN(CC1CCCCN1)c1ccc(C#N)c(Cl)c1. The Labute approximate surface area is 113 Å². The molecular formula is C14H18ClN3. The van der Waals surface area contributed by atoms with E-state index in [1.165, 1.54) is 19.3 Å². The number of hydrogen-bond donors (Lipinski definition) is 1. The van der Waals surface area contributed by atoms with Crippen molar-refractivity contribution in [2.24, 2.45) is 0 Å². The van der Waals surface area contributed by atoms with Crippen molar-refractivity contribution in [2.45, 2.75) is 25.3 Å². The van der Waals surface area contributed by atoms with Crippen LogP contribution in [-0.4, -0.2) is 26.2 Å². The van der Waals surface area contributed by atoms with Crippen molar-refractivity contribution in [3.8, 4) is 6.07 Å². The Morgan fingerprint density at radius 1 is 1.50 bits per heavy atom. The predicted molar refractivity (Wildman–Crippen MR) is 75.1 cm³/mol. The van der Waals surface area contributed by atoms with Crippen molar-refractivity contribution < 1.29 is 0 Å². The molecule has 96 valence electrons. The van der Waals surface area contributed by atoms with Gasteiger partial charge >= 0.3 is 0 Å². The number of nitrogens with zero attached hydrogens (tertiary/aromatic N) is 2. The molecule has 1 aromatic carbocycles. The monoisotopic (exact) mass is 263 g/mol. The Morgan fingerprint density at radius 3 is 2.94 bits per heavy atom. The third kappa shape index (κ3) is 3.16. The minimum Gasteiger partial charge on any atom is -0.373 e. The van der Waals surface area contributed by atoms with Gasteiger partial charge < -0.3 is 10.2 Å². The number of rotatable bonds is 3. The van der Waals surface area contributed by atoms with E-state index in [4.69, 9.17) is 16.9 Å². The number of nitrogens with one attached hydrogen (secondary N) is 1. The van der Waals surface area contributed by atoms with E-state index in [-0.39, 0.29) is 0 Å². The summed E-state index contributed by atoms with van der Waals surface area (Å²) in [7, 11) is 2.06. The minimum atomic E-state index is 0.526. The maximum Gasteiger partial charge on any atom is 0.101 e. The summed E-state index contributed by atoms with van der Waals surface area (Å²) in [4.78, 5) is 2.19. The zero-order chi connectivity index (χ0) is 13.0. The number of nitriles is 1. The standard InChI is InChI=1S/C14H18ClN3/c1-18(10-12-4-2-3-7-17-12)13-6-5-11(9-16)14(15)8-13/h5-6,8,12,17H,2-4,7,10H2,1H3. The van der Waals surface area contributed by atoms with Crippen molar-refractivity contribution in [1.82, 2.24) is 5.32 Å². The van der Waals surface area contributed by atoms with E-state index in [0.29, 0.717) is 16.6 Å². The third-order valence-electron chi connectivity index (χ3n) is 3.42. The first-order valence-corrected chi connectivity index (χ1v) is 6.72. The van der Waals surface area contributed by atoms with Crippen LogP contribution in [0.1, 0.15) is 24.8 Å². The van der Waals surface area contributed by atoms with Gasteiger partial charge in [0.25, 0.3) is 0 Å². The summed E-state index contributed by atoms with van der Waals surface area (Å²) < 4.78 is 0. The molecule has 0 aromatic heterocycles. The fourth-order valence-corrected chi connectivity index (χ4v) is 2.56. The smallest absolute Gasteiger partial charge is 0.101 e. The van der Waals surface area contributed by atoms with Crippen LogP contribution >= 0.6 is 11.6 Å². The summed E-state index contributed by atoms with van der Waals surface area (Å²) >= 11 is 6.05. The topological polar surface area (TPSA) is 39.1 Å². The highest BCUT2D eigenvalue weighted by Gasteiger charge is 2.15. The van der Waals surface area contributed by atoms with Crippen molar-refractivity contribution in [1.29, 1.82) is 5.26 Å². The Kier molecular flexibility index (Phi) is 4.46. The molecule has 4 heteroatoms. The van der Waals surface area contributed by atoms with Crippen LogP contribution in [0.4, 0.5) is 5.69 Å². The summed E-state index contributed by atoms with van der Waals surface area (Å²) in [5.74, 6) is 0. The molecule has 2 rings (SSSR count). The van der Waals surface area contributed by atoms with E-state index in [1.807, 2.05) is 12.1 Å². The lowest BCUT2D eigenvalue weighted by Crippen LogP contribution is -2.42. The van der Waals surface area contributed by atoms with E-state index < -0.39 is 0 Å². The first-order valence-electron chi connectivity index (χ1n) is 6.35. The first kappa shape index (κ1) is 13.2. The van der Waals surface area contributed by atoms with E-state index in [1.54, 1.807) is 6.07 Å². The van der Waals surface area contributed by atoms with Gasteiger partial charge in [-0.05, 0) is 37.6 Å². The molecule has 1 atom stereocenters. The molecule has 18 heavy (non-hydrogen) atoms. The maximum atomic E-state index is 8.85. The average molecular weight is 264 g/mol. The quantitative estimate of drug-likeness (QED) is 0.912. The van der Waals surface area contributed by atoms with Crippen molar-refractivity contribution in [3.63, 3.8) is 0 Å². The number of anilines is 1. The molecule has 1 N–H and O–H groups in total. The zero-order valence-corrected chi connectivity index (χ0v) is 11.4. The molecule has 0 spiro atoms. The summed E-state index contributed by atoms with van der Waals surface area (Å²) in [5.41, 5.74) is 1.59. The van der Waals surface area contributed by atoms with Crippen molar-refractivity contribution in [2.75, 3.05) is 25.0 Å². The Hall–Kier alpha value is -1.24. The molecule has 1 aliphatic heterocycles. The Morgan fingerprint density at radius 2 is 2.33 bits per heavy atom. The van der Waals surface area contributed by atoms with Gasteiger partial charge in [-0.25, -0.2) is 0 Å². The van der Waals surface area contributed by atoms with Crippen LogP contribution in [0.3, 0.4) is 0 Å². The lowest BCUT2D eigenvalue weighted by atomic mass is 10.0. The molecule has 0 radical (unpaired) electrons. The van der Waals surface area contributed by atoms with E-state index in [2.05, 4.69) is 23.3 Å². The van der Waals surface area contributed by atoms with E-state index in [0.717, 1.165) is 18.8 Å². The third-order valence-corrected chi connectivity index (χ3v) is 3.73. The average Bonchev–Trinajstić information content (AvgIpc) is 2.39. The predicted octanol–water partition coefficient (Wildman–Crippen LogP) is 2.79. The normalized spacial score (nSPS) is 19.3.